The molecule has 0 radical (unpaired) electrons. The van der Waals surface area contributed by atoms with Crippen molar-refractivity contribution in [3.63, 3.8) is 0 Å². The molecule has 0 aliphatic heterocycles. The third-order valence-corrected chi connectivity index (χ3v) is 6.69. The fraction of sp³-hybridized carbons (Fsp3) is 0.613. The predicted molar refractivity (Wildman–Crippen MR) is 141 cm³/mol. The highest BCUT2D eigenvalue weighted by Crippen LogP contribution is 2.18. The molecule has 0 aromatic heterocycles. The minimum atomic E-state index is 1.20. The lowest BCUT2D eigenvalue weighted by Crippen LogP contribution is -1.87. The number of hydrogen-bond donors (Lipinski definition) is 0. The molecule has 0 amide bonds. The highest BCUT2D eigenvalue weighted by molar-refractivity contribution is 5.82. The van der Waals surface area contributed by atoms with E-state index in [1.165, 1.54) is 138 Å². The Labute approximate surface area is 193 Å². The summed E-state index contributed by atoms with van der Waals surface area (Å²) in [5.74, 6) is 0. The smallest absolute Gasteiger partial charge is 0.0181 e. The molecule has 0 heteroatoms. The van der Waals surface area contributed by atoms with Crippen LogP contribution in [0.1, 0.15) is 121 Å². The van der Waals surface area contributed by atoms with Gasteiger partial charge in [0.25, 0.3) is 0 Å². The average molecular weight is 421 g/mol. The lowest BCUT2D eigenvalue weighted by molar-refractivity contribution is 0.526. The number of rotatable bonds is 20. The summed E-state index contributed by atoms with van der Waals surface area (Å²) in [6.07, 6.45) is 28.8. The third kappa shape index (κ3) is 12.8. The van der Waals surface area contributed by atoms with Crippen molar-refractivity contribution in [2.75, 3.05) is 0 Å². The van der Waals surface area contributed by atoms with E-state index in [1.807, 2.05) is 0 Å². The van der Waals surface area contributed by atoms with E-state index in [0.717, 1.165) is 0 Å². The molecule has 0 N–H and O–H groups in total. The fourth-order valence-corrected chi connectivity index (χ4v) is 4.66. The number of allylic oxidation sites excluding steroid dienone is 1. The molecule has 2 rings (SSSR count). The van der Waals surface area contributed by atoms with Crippen LogP contribution in [0.5, 0.6) is 0 Å². The van der Waals surface area contributed by atoms with Crippen LogP contribution in [-0.2, 0) is 6.42 Å². The fourth-order valence-electron chi connectivity index (χ4n) is 4.66. The van der Waals surface area contributed by atoms with Gasteiger partial charge in [-0.15, -0.1) is 6.58 Å². The number of aryl methyl sites for hydroxylation is 1. The van der Waals surface area contributed by atoms with Crippen LogP contribution < -0.4 is 0 Å². The molecule has 0 bridgehead atoms. The molecule has 0 nitrogen and oxygen atoms in total. The Morgan fingerprint density at radius 1 is 0.484 bits per heavy atom. The monoisotopic (exact) mass is 420 g/mol. The average Bonchev–Trinajstić information content (AvgIpc) is 2.80. The normalized spacial score (nSPS) is 11.2. The molecule has 0 aliphatic rings. The van der Waals surface area contributed by atoms with Crippen LogP contribution in [0.25, 0.3) is 10.8 Å². The molecule has 0 unspecified atom stereocenters. The van der Waals surface area contributed by atoms with Crippen molar-refractivity contribution in [3.8, 4) is 0 Å². The van der Waals surface area contributed by atoms with Gasteiger partial charge in [0.2, 0.25) is 0 Å². The summed E-state index contributed by atoms with van der Waals surface area (Å²) < 4.78 is 0. The Kier molecular flexibility index (Phi) is 15.0. The van der Waals surface area contributed by atoms with Gasteiger partial charge in [-0.1, -0.05) is 145 Å². The van der Waals surface area contributed by atoms with Crippen LogP contribution in [0.15, 0.2) is 55.1 Å². The second-order valence-corrected chi connectivity index (χ2v) is 9.52. The van der Waals surface area contributed by atoms with E-state index in [1.54, 1.807) is 0 Å². The molecular weight excluding hydrogens is 372 g/mol. The number of benzene rings is 2. The number of unbranched alkanes of at least 4 members (excludes halogenated alkanes) is 17. The van der Waals surface area contributed by atoms with E-state index in [-0.39, 0.29) is 0 Å². The maximum atomic E-state index is 3.79. The SMILES string of the molecule is C=CCCCCCCCCCCCCCCCCCCCc1ccc2ccccc2c1. The first kappa shape index (κ1) is 25.7. The Balaban J connectivity index is 1.30. The van der Waals surface area contributed by atoms with Crippen LogP contribution in [0, 0.1) is 0 Å². The highest BCUT2D eigenvalue weighted by atomic mass is 14.0. The summed E-state index contributed by atoms with van der Waals surface area (Å²) in [5, 5.41) is 2.74. The first-order valence-corrected chi connectivity index (χ1v) is 13.5. The van der Waals surface area contributed by atoms with Crippen LogP contribution in [0.4, 0.5) is 0 Å². The van der Waals surface area contributed by atoms with Crippen LogP contribution in [-0.4, -0.2) is 0 Å². The summed E-state index contributed by atoms with van der Waals surface area (Å²) >= 11 is 0. The van der Waals surface area contributed by atoms with E-state index in [9.17, 15) is 0 Å². The van der Waals surface area contributed by atoms with Gasteiger partial charge in [0, 0.05) is 0 Å². The van der Waals surface area contributed by atoms with E-state index in [0.29, 0.717) is 0 Å². The maximum Gasteiger partial charge on any atom is -0.0181 e. The van der Waals surface area contributed by atoms with E-state index >= 15 is 0 Å². The van der Waals surface area contributed by atoms with Gasteiger partial charge in [-0.05, 0) is 42.0 Å². The Bertz CT molecular complexity index is 683. The molecule has 0 saturated heterocycles. The van der Waals surface area contributed by atoms with Crippen molar-refractivity contribution in [2.24, 2.45) is 0 Å². The van der Waals surface area contributed by atoms with Gasteiger partial charge in [0.15, 0.2) is 0 Å². The zero-order valence-corrected chi connectivity index (χ0v) is 20.3. The van der Waals surface area contributed by atoms with Crippen LogP contribution in [0.2, 0.25) is 0 Å². The summed E-state index contributed by atoms with van der Waals surface area (Å²) in [4.78, 5) is 0. The molecule has 0 fully saturated rings. The zero-order valence-electron chi connectivity index (χ0n) is 20.3. The second-order valence-electron chi connectivity index (χ2n) is 9.52. The summed E-state index contributed by atoms with van der Waals surface area (Å²) in [7, 11) is 0. The maximum absolute atomic E-state index is 3.79. The molecule has 2 aromatic carbocycles. The van der Waals surface area contributed by atoms with Gasteiger partial charge in [-0.3, -0.25) is 0 Å². The van der Waals surface area contributed by atoms with Gasteiger partial charge in [0.1, 0.15) is 0 Å². The molecule has 0 aliphatic carbocycles. The second kappa shape index (κ2) is 18.1. The van der Waals surface area contributed by atoms with Gasteiger partial charge >= 0.3 is 0 Å². The Morgan fingerprint density at radius 3 is 1.45 bits per heavy atom. The number of fused-ring (bicyclic) bond motifs is 1. The van der Waals surface area contributed by atoms with Crippen molar-refractivity contribution >= 4 is 10.8 Å². The minimum absolute atomic E-state index is 1.20. The highest BCUT2D eigenvalue weighted by Gasteiger charge is 1.98. The molecule has 0 heterocycles. The molecule has 2 aromatic rings. The van der Waals surface area contributed by atoms with Gasteiger partial charge in [0.05, 0.1) is 0 Å². The molecule has 0 saturated carbocycles. The van der Waals surface area contributed by atoms with Gasteiger partial charge in [-0.2, -0.15) is 0 Å². The Morgan fingerprint density at radius 2 is 0.935 bits per heavy atom. The molecule has 31 heavy (non-hydrogen) atoms. The molecular formula is C31H48. The predicted octanol–water partition coefficient (Wildman–Crippen LogP) is 10.6. The summed E-state index contributed by atoms with van der Waals surface area (Å²) in [6, 6.07) is 15.7. The lowest BCUT2D eigenvalue weighted by atomic mass is 10.0. The van der Waals surface area contributed by atoms with Crippen LogP contribution >= 0.6 is 0 Å². The first-order valence-electron chi connectivity index (χ1n) is 13.5. The molecule has 172 valence electrons. The van der Waals surface area contributed by atoms with Crippen molar-refractivity contribution in [1.29, 1.82) is 0 Å². The van der Waals surface area contributed by atoms with Gasteiger partial charge < -0.3 is 0 Å². The molecule has 0 spiro atoms. The van der Waals surface area contributed by atoms with Crippen molar-refractivity contribution in [2.45, 2.75) is 122 Å². The standard InChI is InChI=1S/C31H48/c1-2-3-4-5-6-7-8-9-10-11-12-13-14-15-16-17-18-19-20-23-29-26-27-30-24-21-22-25-31(30)28-29/h2,21-22,24-28H,1,3-20,23H2. The summed E-state index contributed by atoms with van der Waals surface area (Å²) in [6.45, 7) is 3.79. The van der Waals surface area contributed by atoms with E-state index < -0.39 is 0 Å². The van der Waals surface area contributed by atoms with E-state index in [4.69, 9.17) is 0 Å². The van der Waals surface area contributed by atoms with Crippen molar-refractivity contribution in [3.05, 3.63) is 60.7 Å². The Hall–Kier alpha value is -1.56. The molecule has 0 atom stereocenters. The van der Waals surface area contributed by atoms with Crippen molar-refractivity contribution < 1.29 is 0 Å². The minimum Gasteiger partial charge on any atom is -0.103 e. The van der Waals surface area contributed by atoms with Crippen LogP contribution in [0.3, 0.4) is 0 Å². The summed E-state index contributed by atoms with van der Waals surface area (Å²) in [5.41, 5.74) is 1.50. The first-order chi connectivity index (χ1) is 15.4. The van der Waals surface area contributed by atoms with Gasteiger partial charge in [-0.25, -0.2) is 0 Å². The topological polar surface area (TPSA) is 0 Å². The van der Waals surface area contributed by atoms with E-state index in [2.05, 4.69) is 55.1 Å². The third-order valence-electron chi connectivity index (χ3n) is 6.69. The largest absolute Gasteiger partial charge is 0.103 e. The lowest BCUT2D eigenvalue weighted by Gasteiger charge is -2.05. The zero-order chi connectivity index (χ0) is 21.8. The van der Waals surface area contributed by atoms with Crippen molar-refractivity contribution in [1.82, 2.24) is 0 Å². The number of hydrogen-bond acceptors (Lipinski definition) is 0. The quantitative estimate of drug-likeness (QED) is 0.147.